The largest absolute Gasteiger partial charge is 0.460 e. The van der Waals surface area contributed by atoms with Gasteiger partial charge in [-0.15, -0.1) is 0 Å². The normalized spacial score (nSPS) is 11.8. The number of aliphatic hydroxyl groups excluding tert-OH is 1. The number of non-ortho nitro benzene ring substituents is 1. The van der Waals surface area contributed by atoms with E-state index in [1.807, 2.05) is 0 Å². The first kappa shape index (κ1) is 21.7. The molecule has 1 unspecified atom stereocenters. The quantitative estimate of drug-likeness (QED) is 0.225. The number of ether oxygens (including phenoxy) is 1. The van der Waals surface area contributed by atoms with Gasteiger partial charge in [-0.3, -0.25) is 10.1 Å². The Balaban J connectivity index is 2.01. The van der Waals surface area contributed by atoms with Gasteiger partial charge in [0, 0.05) is 30.4 Å². The number of anilines is 1. The second-order valence-corrected chi connectivity index (χ2v) is 6.32. The van der Waals surface area contributed by atoms with Crippen molar-refractivity contribution < 1.29 is 19.6 Å². The van der Waals surface area contributed by atoms with E-state index in [2.05, 4.69) is 16.8 Å². The van der Waals surface area contributed by atoms with Crippen molar-refractivity contribution in [1.82, 2.24) is 0 Å². The first-order valence-corrected chi connectivity index (χ1v) is 8.74. The maximum Gasteiger partial charge on any atom is 0.333 e. The Morgan fingerprint density at radius 3 is 2.14 bits per heavy atom. The van der Waals surface area contributed by atoms with Gasteiger partial charge in [0.25, 0.3) is 5.69 Å². The van der Waals surface area contributed by atoms with Crippen molar-refractivity contribution in [2.45, 2.75) is 13.0 Å². The maximum atomic E-state index is 11.5. The van der Waals surface area contributed by atoms with Gasteiger partial charge in [-0.1, -0.05) is 6.58 Å². The van der Waals surface area contributed by atoms with Gasteiger partial charge in [-0.25, -0.2) is 4.79 Å². The van der Waals surface area contributed by atoms with Gasteiger partial charge in [0.1, 0.15) is 6.61 Å². The van der Waals surface area contributed by atoms with Gasteiger partial charge < -0.3 is 14.7 Å². The lowest BCUT2D eigenvalue weighted by Crippen LogP contribution is -2.39. The van der Waals surface area contributed by atoms with Crippen LogP contribution >= 0.6 is 0 Å². The molecule has 2 aromatic rings. The summed E-state index contributed by atoms with van der Waals surface area (Å²) in [6.45, 7) is 4.92. The van der Waals surface area contributed by atoms with E-state index in [4.69, 9.17) is 4.74 Å². The highest BCUT2D eigenvalue weighted by molar-refractivity contribution is 5.86. The lowest BCUT2D eigenvalue weighted by Gasteiger charge is -2.28. The number of nitro benzene ring substituents is 1. The smallest absolute Gasteiger partial charge is 0.333 e. The lowest BCUT2D eigenvalue weighted by atomic mass is 10.2. The third-order valence-corrected chi connectivity index (χ3v) is 4.11. The van der Waals surface area contributed by atoms with Crippen LogP contribution in [-0.4, -0.2) is 42.3 Å². The van der Waals surface area contributed by atoms with Crippen LogP contribution in [0.3, 0.4) is 0 Å². The average Bonchev–Trinajstić information content (AvgIpc) is 2.72. The van der Waals surface area contributed by atoms with Crippen LogP contribution in [-0.2, 0) is 9.53 Å². The lowest BCUT2D eigenvalue weighted by molar-refractivity contribution is -0.384. The minimum Gasteiger partial charge on any atom is -0.460 e. The second kappa shape index (κ2) is 10.1. The van der Waals surface area contributed by atoms with Crippen LogP contribution in [0.4, 0.5) is 22.7 Å². The number of carbonyl (C=O) groups excluding carboxylic acids is 1. The van der Waals surface area contributed by atoms with E-state index >= 15 is 0 Å². The van der Waals surface area contributed by atoms with Gasteiger partial charge in [0.15, 0.2) is 0 Å². The Labute approximate surface area is 168 Å². The Bertz CT molecular complexity index is 894. The summed E-state index contributed by atoms with van der Waals surface area (Å²) in [4.78, 5) is 23.5. The molecule has 2 aromatic carbocycles. The molecule has 0 amide bonds. The van der Waals surface area contributed by atoms with Crippen molar-refractivity contribution in [2.24, 2.45) is 10.2 Å². The fourth-order valence-corrected chi connectivity index (χ4v) is 2.30. The standard InChI is InChI=1S/C20H22N4O5/c1-14(2)20(26)29-13-19(12-25)23(3)17-8-4-15(5-9-17)21-22-16-6-10-18(11-7-16)24(27)28/h4-11,19,25H,1,12-13H2,2-3H3. The highest BCUT2D eigenvalue weighted by Gasteiger charge is 2.17. The molecule has 1 atom stereocenters. The summed E-state index contributed by atoms with van der Waals surface area (Å²) in [5.41, 5.74) is 2.17. The van der Waals surface area contributed by atoms with E-state index in [9.17, 15) is 20.0 Å². The van der Waals surface area contributed by atoms with Crippen molar-refractivity contribution in [2.75, 3.05) is 25.2 Å². The topological polar surface area (TPSA) is 118 Å². The van der Waals surface area contributed by atoms with Gasteiger partial charge >= 0.3 is 5.97 Å². The summed E-state index contributed by atoms with van der Waals surface area (Å²) in [6, 6.07) is 12.4. The van der Waals surface area contributed by atoms with Crippen molar-refractivity contribution in [3.8, 4) is 0 Å². The van der Waals surface area contributed by atoms with E-state index in [1.54, 1.807) is 43.1 Å². The minimum atomic E-state index is -0.501. The highest BCUT2D eigenvalue weighted by Crippen LogP contribution is 2.24. The molecule has 0 bridgehead atoms. The summed E-state index contributed by atoms with van der Waals surface area (Å²) in [6.07, 6.45) is 0. The summed E-state index contributed by atoms with van der Waals surface area (Å²) in [5, 5.41) is 28.4. The van der Waals surface area contributed by atoms with Crippen LogP contribution in [0.1, 0.15) is 6.92 Å². The van der Waals surface area contributed by atoms with Crippen LogP contribution in [0.5, 0.6) is 0 Å². The van der Waals surface area contributed by atoms with Crippen LogP contribution in [0, 0.1) is 10.1 Å². The zero-order chi connectivity index (χ0) is 21.4. The third kappa shape index (κ3) is 6.22. The molecule has 9 heteroatoms. The van der Waals surface area contributed by atoms with Gasteiger partial charge in [0.2, 0.25) is 0 Å². The first-order chi connectivity index (χ1) is 13.8. The number of rotatable bonds is 9. The van der Waals surface area contributed by atoms with Crippen molar-refractivity contribution in [3.63, 3.8) is 0 Å². The molecule has 2 rings (SSSR count). The van der Waals surface area contributed by atoms with Gasteiger partial charge in [-0.2, -0.15) is 10.2 Å². The molecule has 9 nitrogen and oxygen atoms in total. The number of carbonyl (C=O) groups is 1. The van der Waals surface area contributed by atoms with Crippen molar-refractivity contribution in [1.29, 1.82) is 0 Å². The summed E-state index contributed by atoms with van der Waals surface area (Å²) < 4.78 is 5.12. The average molecular weight is 398 g/mol. The van der Waals surface area contributed by atoms with Crippen LogP contribution in [0.2, 0.25) is 0 Å². The van der Waals surface area contributed by atoms with Crippen molar-refractivity contribution >= 4 is 28.7 Å². The van der Waals surface area contributed by atoms with E-state index < -0.39 is 16.9 Å². The maximum absolute atomic E-state index is 11.5. The molecule has 0 saturated carbocycles. The van der Waals surface area contributed by atoms with Crippen LogP contribution < -0.4 is 4.90 Å². The van der Waals surface area contributed by atoms with Gasteiger partial charge in [0.05, 0.1) is 28.9 Å². The molecule has 0 aromatic heterocycles. The van der Waals surface area contributed by atoms with Crippen molar-refractivity contribution in [3.05, 3.63) is 70.8 Å². The molecule has 0 aliphatic carbocycles. The summed E-state index contributed by atoms with van der Waals surface area (Å²) in [5.74, 6) is -0.501. The molecule has 0 spiro atoms. The Kier molecular flexibility index (Phi) is 7.55. The predicted molar refractivity (Wildman–Crippen MR) is 109 cm³/mol. The molecule has 152 valence electrons. The molecular formula is C20H22N4O5. The van der Waals surface area contributed by atoms with Gasteiger partial charge in [-0.05, 0) is 43.3 Å². The molecular weight excluding hydrogens is 376 g/mol. The van der Waals surface area contributed by atoms with E-state index in [1.165, 1.54) is 24.3 Å². The molecule has 0 aliphatic heterocycles. The first-order valence-electron chi connectivity index (χ1n) is 8.74. The highest BCUT2D eigenvalue weighted by atomic mass is 16.6. The molecule has 0 heterocycles. The molecule has 1 N–H and O–H groups in total. The SMILES string of the molecule is C=C(C)C(=O)OCC(CO)N(C)c1ccc(N=Nc2ccc([N+](=O)[O-])cc2)cc1. The fourth-order valence-electron chi connectivity index (χ4n) is 2.30. The van der Waals surface area contributed by atoms with E-state index in [0.29, 0.717) is 16.9 Å². The van der Waals surface area contributed by atoms with E-state index in [-0.39, 0.29) is 18.9 Å². The number of nitrogens with zero attached hydrogens (tertiary/aromatic N) is 4. The second-order valence-electron chi connectivity index (χ2n) is 6.32. The summed E-state index contributed by atoms with van der Waals surface area (Å²) in [7, 11) is 1.78. The molecule has 0 saturated heterocycles. The monoisotopic (exact) mass is 398 g/mol. The number of hydrogen-bond donors (Lipinski definition) is 1. The number of hydrogen-bond acceptors (Lipinski definition) is 8. The number of likely N-dealkylation sites (N-methyl/N-ethyl adjacent to an activating group) is 1. The number of benzene rings is 2. The number of nitro groups is 1. The number of aliphatic hydroxyl groups is 1. The predicted octanol–water partition coefficient (Wildman–Crippen LogP) is 3.93. The number of esters is 1. The fraction of sp³-hybridized carbons (Fsp3) is 0.250. The van der Waals surface area contributed by atoms with Crippen LogP contribution in [0.15, 0.2) is 70.9 Å². The molecule has 0 fully saturated rings. The Hall–Kier alpha value is -3.59. The Morgan fingerprint density at radius 2 is 1.69 bits per heavy atom. The Morgan fingerprint density at radius 1 is 1.17 bits per heavy atom. The zero-order valence-electron chi connectivity index (χ0n) is 16.2. The molecule has 0 aliphatic rings. The number of azo groups is 1. The summed E-state index contributed by atoms with van der Waals surface area (Å²) >= 11 is 0. The molecule has 29 heavy (non-hydrogen) atoms. The minimum absolute atomic E-state index is 0.0105. The molecule has 0 radical (unpaired) electrons. The zero-order valence-corrected chi connectivity index (χ0v) is 16.2. The van der Waals surface area contributed by atoms with Crippen LogP contribution in [0.25, 0.3) is 0 Å². The third-order valence-electron chi connectivity index (χ3n) is 4.11. The van der Waals surface area contributed by atoms with E-state index in [0.717, 1.165) is 5.69 Å².